The second-order valence-electron chi connectivity index (χ2n) is 4.02. The number of nitrogens with one attached hydrogen (secondary N) is 1. The molecule has 1 aromatic carbocycles. The molecule has 0 spiro atoms. The molecule has 0 aromatic heterocycles. The summed E-state index contributed by atoms with van der Waals surface area (Å²) in [6, 6.07) is 6.10. The van der Waals surface area contributed by atoms with Crippen LogP contribution in [0.4, 0.5) is 0 Å². The van der Waals surface area contributed by atoms with E-state index in [2.05, 4.69) is 12.2 Å². The van der Waals surface area contributed by atoms with Crippen molar-refractivity contribution < 1.29 is 9.47 Å². The van der Waals surface area contributed by atoms with E-state index in [4.69, 9.17) is 21.1 Å². The Morgan fingerprint density at radius 3 is 2.88 bits per heavy atom. The van der Waals surface area contributed by atoms with Crippen molar-refractivity contribution in [3.63, 3.8) is 0 Å². The highest BCUT2D eigenvalue weighted by Crippen LogP contribution is 2.30. The monoisotopic (exact) mass is 241 g/mol. The Labute approximate surface area is 101 Å². The molecule has 2 rings (SSSR count). The van der Waals surface area contributed by atoms with Crippen LogP contribution in [0.2, 0.25) is 5.02 Å². The molecular formula is C12H16ClNO2. The maximum atomic E-state index is 6.19. The summed E-state index contributed by atoms with van der Waals surface area (Å²) in [5.41, 5.74) is 1.02. The summed E-state index contributed by atoms with van der Waals surface area (Å²) in [5, 5.41) is 4.07. The van der Waals surface area contributed by atoms with Gasteiger partial charge in [0.05, 0.1) is 24.8 Å². The van der Waals surface area contributed by atoms with Crippen molar-refractivity contribution in [3.05, 3.63) is 28.8 Å². The summed E-state index contributed by atoms with van der Waals surface area (Å²) in [7, 11) is 1.63. The van der Waals surface area contributed by atoms with Gasteiger partial charge in [-0.2, -0.15) is 0 Å². The van der Waals surface area contributed by atoms with Crippen LogP contribution in [0, 0.1) is 0 Å². The minimum Gasteiger partial charge on any atom is -0.497 e. The van der Waals surface area contributed by atoms with E-state index in [1.165, 1.54) is 0 Å². The molecule has 1 aliphatic heterocycles. The van der Waals surface area contributed by atoms with Gasteiger partial charge in [0, 0.05) is 18.2 Å². The number of morpholine rings is 1. The molecule has 1 aliphatic rings. The van der Waals surface area contributed by atoms with Gasteiger partial charge in [-0.3, -0.25) is 0 Å². The average molecular weight is 242 g/mol. The molecule has 2 unspecified atom stereocenters. The van der Waals surface area contributed by atoms with Gasteiger partial charge in [0.2, 0.25) is 0 Å². The molecule has 0 saturated carbocycles. The highest BCUT2D eigenvalue weighted by molar-refractivity contribution is 6.31. The molecule has 0 bridgehead atoms. The number of methoxy groups -OCH3 is 1. The molecule has 0 radical (unpaired) electrons. The van der Waals surface area contributed by atoms with E-state index in [9.17, 15) is 0 Å². The van der Waals surface area contributed by atoms with Gasteiger partial charge in [-0.05, 0) is 19.1 Å². The highest BCUT2D eigenvalue weighted by atomic mass is 35.5. The molecule has 4 heteroatoms. The van der Waals surface area contributed by atoms with E-state index in [-0.39, 0.29) is 6.10 Å². The molecule has 1 aromatic rings. The number of ether oxygens (including phenoxy) is 2. The van der Waals surface area contributed by atoms with Gasteiger partial charge in [0.15, 0.2) is 0 Å². The molecular weight excluding hydrogens is 226 g/mol. The lowest BCUT2D eigenvalue weighted by atomic mass is 10.1. The lowest BCUT2D eigenvalue weighted by Gasteiger charge is -2.29. The topological polar surface area (TPSA) is 30.5 Å². The van der Waals surface area contributed by atoms with E-state index < -0.39 is 0 Å². The number of hydrogen-bond donors (Lipinski definition) is 1. The first-order valence-electron chi connectivity index (χ1n) is 5.39. The largest absolute Gasteiger partial charge is 0.497 e. The van der Waals surface area contributed by atoms with Crippen LogP contribution in [0.5, 0.6) is 5.75 Å². The molecule has 1 fully saturated rings. The minimum absolute atomic E-state index is 0.0367. The van der Waals surface area contributed by atoms with Gasteiger partial charge in [-0.15, -0.1) is 0 Å². The normalized spacial score (nSPS) is 25.4. The first-order chi connectivity index (χ1) is 7.70. The van der Waals surface area contributed by atoms with Crippen molar-refractivity contribution in [3.8, 4) is 5.75 Å². The van der Waals surface area contributed by atoms with Crippen LogP contribution >= 0.6 is 11.6 Å². The van der Waals surface area contributed by atoms with Gasteiger partial charge < -0.3 is 14.8 Å². The fraction of sp³-hybridized carbons (Fsp3) is 0.500. The molecule has 0 amide bonds. The van der Waals surface area contributed by atoms with Gasteiger partial charge in [0.25, 0.3) is 0 Å². The van der Waals surface area contributed by atoms with Crippen LogP contribution in [0.3, 0.4) is 0 Å². The van der Waals surface area contributed by atoms with Gasteiger partial charge in [-0.25, -0.2) is 0 Å². The van der Waals surface area contributed by atoms with Crippen molar-refractivity contribution in [1.82, 2.24) is 5.32 Å². The smallest absolute Gasteiger partial charge is 0.120 e. The van der Waals surface area contributed by atoms with Gasteiger partial charge in [-0.1, -0.05) is 17.7 Å². The van der Waals surface area contributed by atoms with Crippen molar-refractivity contribution in [1.29, 1.82) is 0 Å². The zero-order valence-electron chi connectivity index (χ0n) is 9.50. The molecule has 16 heavy (non-hydrogen) atoms. The summed E-state index contributed by atoms with van der Waals surface area (Å²) in [6.07, 6.45) is 0.0367. The van der Waals surface area contributed by atoms with Crippen molar-refractivity contribution in [2.45, 2.75) is 19.1 Å². The number of benzene rings is 1. The molecule has 1 N–H and O–H groups in total. The van der Waals surface area contributed by atoms with Crippen LogP contribution < -0.4 is 10.1 Å². The third kappa shape index (κ3) is 2.48. The quantitative estimate of drug-likeness (QED) is 0.863. The van der Waals surface area contributed by atoms with Crippen LogP contribution in [-0.2, 0) is 4.74 Å². The zero-order valence-corrected chi connectivity index (χ0v) is 10.3. The third-order valence-electron chi connectivity index (χ3n) is 2.75. The van der Waals surface area contributed by atoms with Crippen LogP contribution in [0.15, 0.2) is 18.2 Å². The molecule has 2 atom stereocenters. The Bertz CT molecular complexity index is 362. The first kappa shape index (κ1) is 11.7. The average Bonchev–Trinajstić information content (AvgIpc) is 2.30. The molecule has 1 saturated heterocycles. The summed E-state index contributed by atoms with van der Waals surface area (Å²) in [6.45, 7) is 3.62. The Kier molecular flexibility index (Phi) is 3.69. The minimum atomic E-state index is 0.0367. The predicted octanol–water partition coefficient (Wildman–Crippen LogP) is 2.40. The standard InChI is InChI=1S/C12H16ClNO2/c1-8-7-16-12(6-14-8)10-4-3-9(15-2)5-11(10)13/h3-5,8,12,14H,6-7H2,1-2H3. The predicted molar refractivity (Wildman–Crippen MR) is 64.2 cm³/mol. The Morgan fingerprint density at radius 1 is 1.50 bits per heavy atom. The fourth-order valence-corrected chi connectivity index (χ4v) is 2.07. The van der Waals surface area contributed by atoms with E-state index in [1.54, 1.807) is 7.11 Å². The van der Waals surface area contributed by atoms with Crippen LogP contribution in [0.1, 0.15) is 18.6 Å². The Balaban J connectivity index is 2.14. The summed E-state index contributed by atoms with van der Waals surface area (Å²) in [4.78, 5) is 0. The van der Waals surface area contributed by atoms with Crippen molar-refractivity contribution in [2.24, 2.45) is 0 Å². The number of hydrogen-bond acceptors (Lipinski definition) is 3. The zero-order chi connectivity index (χ0) is 11.5. The summed E-state index contributed by atoms with van der Waals surface area (Å²) < 4.78 is 10.9. The lowest BCUT2D eigenvalue weighted by Crippen LogP contribution is -2.40. The van der Waals surface area contributed by atoms with Gasteiger partial charge >= 0.3 is 0 Å². The maximum absolute atomic E-state index is 6.19. The lowest BCUT2D eigenvalue weighted by molar-refractivity contribution is 0.00699. The summed E-state index contributed by atoms with van der Waals surface area (Å²) in [5.74, 6) is 0.769. The summed E-state index contributed by atoms with van der Waals surface area (Å²) >= 11 is 6.19. The van der Waals surface area contributed by atoms with Gasteiger partial charge in [0.1, 0.15) is 5.75 Å². The Hall–Kier alpha value is -0.770. The van der Waals surface area contributed by atoms with Crippen molar-refractivity contribution >= 4 is 11.6 Å². The number of halogens is 1. The second-order valence-corrected chi connectivity index (χ2v) is 4.43. The maximum Gasteiger partial charge on any atom is 0.120 e. The molecule has 0 aliphatic carbocycles. The molecule has 3 nitrogen and oxygen atoms in total. The fourth-order valence-electron chi connectivity index (χ4n) is 1.78. The van der Waals surface area contributed by atoms with E-state index >= 15 is 0 Å². The second kappa shape index (κ2) is 5.04. The third-order valence-corrected chi connectivity index (χ3v) is 3.08. The first-order valence-corrected chi connectivity index (χ1v) is 5.77. The number of rotatable bonds is 2. The van der Waals surface area contributed by atoms with Crippen molar-refractivity contribution in [2.75, 3.05) is 20.3 Å². The molecule has 88 valence electrons. The van der Waals surface area contributed by atoms with E-state index in [1.807, 2.05) is 18.2 Å². The molecule has 1 heterocycles. The Morgan fingerprint density at radius 2 is 2.31 bits per heavy atom. The van der Waals surface area contributed by atoms with E-state index in [0.29, 0.717) is 17.7 Å². The van der Waals surface area contributed by atoms with Crippen LogP contribution in [0.25, 0.3) is 0 Å². The highest BCUT2D eigenvalue weighted by Gasteiger charge is 2.21. The van der Waals surface area contributed by atoms with Crippen LogP contribution in [-0.4, -0.2) is 26.3 Å². The SMILES string of the molecule is COc1ccc(C2CNC(C)CO2)c(Cl)c1. The van der Waals surface area contributed by atoms with E-state index in [0.717, 1.165) is 17.9 Å².